The molecule has 19 heavy (non-hydrogen) atoms. The summed E-state index contributed by atoms with van der Waals surface area (Å²) in [6, 6.07) is 0. The van der Waals surface area contributed by atoms with Crippen LogP contribution in [-0.4, -0.2) is 59.1 Å². The molecule has 0 fully saturated rings. The van der Waals surface area contributed by atoms with Crippen LogP contribution in [0.25, 0.3) is 0 Å². The van der Waals surface area contributed by atoms with Gasteiger partial charge in [0.15, 0.2) is 0 Å². The summed E-state index contributed by atoms with van der Waals surface area (Å²) in [5.41, 5.74) is 0. The van der Waals surface area contributed by atoms with Gasteiger partial charge < -0.3 is 15.5 Å². The smallest absolute Gasteiger partial charge is 0.304 e. The van der Waals surface area contributed by atoms with E-state index < -0.39 is 11.9 Å². The zero-order valence-corrected chi connectivity index (χ0v) is 11.4. The maximum Gasteiger partial charge on any atom is 0.304 e. The third-order valence-electron chi connectivity index (χ3n) is 2.36. The Morgan fingerprint density at radius 2 is 1.53 bits per heavy atom. The zero-order valence-electron chi connectivity index (χ0n) is 11.4. The minimum atomic E-state index is -0.970. The van der Waals surface area contributed by atoms with Gasteiger partial charge in [-0.3, -0.25) is 19.3 Å². The Bertz CT molecular complexity index is 299. The number of aliphatic carboxylic acids is 2. The summed E-state index contributed by atoms with van der Waals surface area (Å²) in [5.74, 6) is -1.83. The predicted molar refractivity (Wildman–Crippen MR) is 68.8 cm³/mol. The maximum atomic E-state index is 11.6. The number of nitrogens with one attached hydrogen (secondary N) is 1. The van der Waals surface area contributed by atoms with Crippen molar-refractivity contribution in [3.05, 3.63) is 0 Å². The minimum absolute atomic E-state index is 0.0211. The first-order chi connectivity index (χ1) is 8.81. The molecule has 0 radical (unpaired) electrons. The highest BCUT2D eigenvalue weighted by Crippen LogP contribution is 1.96. The number of carbonyl (C=O) groups excluding carboxylic acids is 1. The molecule has 0 aliphatic carbocycles. The van der Waals surface area contributed by atoms with Gasteiger partial charge in [-0.25, -0.2) is 0 Å². The molecule has 0 aliphatic rings. The molecule has 0 aromatic heterocycles. The Balaban J connectivity index is 4.18. The zero-order chi connectivity index (χ0) is 14.8. The lowest BCUT2D eigenvalue weighted by atomic mass is 10.2. The van der Waals surface area contributed by atoms with E-state index in [0.717, 1.165) is 0 Å². The molecule has 0 unspecified atom stereocenters. The molecular weight excluding hydrogens is 252 g/mol. The number of rotatable bonds is 10. The second kappa shape index (κ2) is 9.32. The van der Waals surface area contributed by atoms with Crippen LogP contribution >= 0.6 is 0 Å². The summed E-state index contributed by atoms with van der Waals surface area (Å²) >= 11 is 0. The monoisotopic (exact) mass is 274 g/mol. The molecule has 0 aromatic carbocycles. The van der Waals surface area contributed by atoms with Gasteiger partial charge in [0.1, 0.15) is 0 Å². The normalized spacial score (nSPS) is 10.7. The van der Waals surface area contributed by atoms with Crippen LogP contribution in [0.5, 0.6) is 0 Å². The van der Waals surface area contributed by atoms with Crippen LogP contribution in [0, 0.1) is 5.92 Å². The molecular formula is C12H22N2O5. The van der Waals surface area contributed by atoms with Gasteiger partial charge in [0.2, 0.25) is 5.91 Å². The summed E-state index contributed by atoms with van der Waals surface area (Å²) in [6.07, 6.45) is -0.228. The van der Waals surface area contributed by atoms with Crippen molar-refractivity contribution in [3.8, 4) is 0 Å². The Morgan fingerprint density at radius 3 is 1.89 bits per heavy atom. The van der Waals surface area contributed by atoms with Gasteiger partial charge in [-0.1, -0.05) is 13.8 Å². The van der Waals surface area contributed by atoms with E-state index in [2.05, 4.69) is 5.32 Å². The number of hydrogen-bond donors (Lipinski definition) is 3. The molecule has 3 N–H and O–H groups in total. The quantitative estimate of drug-likeness (QED) is 0.518. The largest absolute Gasteiger partial charge is 0.481 e. The van der Waals surface area contributed by atoms with Crippen LogP contribution < -0.4 is 5.32 Å². The third-order valence-corrected chi connectivity index (χ3v) is 2.36. The van der Waals surface area contributed by atoms with Crippen LogP contribution in [0.15, 0.2) is 0 Å². The summed E-state index contributed by atoms with van der Waals surface area (Å²) in [6.45, 7) is 4.83. The molecule has 0 saturated carbocycles. The number of carboxylic acids is 2. The van der Waals surface area contributed by atoms with Crippen molar-refractivity contribution >= 4 is 17.8 Å². The molecule has 1 amide bonds. The third kappa shape index (κ3) is 11.2. The van der Waals surface area contributed by atoms with Crippen LogP contribution in [-0.2, 0) is 14.4 Å². The summed E-state index contributed by atoms with van der Waals surface area (Å²) < 4.78 is 0. The van der Waals surface area contributed by atoms with Crippen molar-refractivity contribution in [3.63, 3.8) is 0 Å². The summed E-state index contributed by atoms with van der Waals surface area (Å²) in [5, 5.41) is 19.9. The number of hydrogen-bond acceptors (Lipinski definition) is 4. The van der Waals surface area contributed by atoms with Gasteiger partial charge in [0, 0.05) is 19.6 Å². The Hall–Kier alpha value is -1.63. The Morgan fingerprint density at radius 1 is 1.05 bits per heavy atom. The number of carbonyl (C=O) groups is 3. The number of amides is 1. The van der Waals surface area contributed by atoms with E-state index >= 15 is 0 Å². The Labute approximate surface area is 112 Å². The first-order valence-electron chi connectivity index (χ1n) is 6.24. The van der Waals surface area contributed by atoms with Crippen molar-refractivity contribution in [2.24, 2.45) is 5.92 Å². The van der Waals surface area contributed by atoms with E-state index in [4.69, 9.17) is 10.2 Å². The Kier molecular flexibility index (Phi) is 8.52. The van der Waals surface area contributed by atoms with E-state index in [9.17, 15) is 14.4 Å². The fraction of sp³-hybridized carbons (Fsp3) is 0.750. The summed E-state index contributed by atoms with van der Waals surface area (Å²) in [4.78, 5) is 34.1. The maximum absolute atomic E-state index is 11.6. The van der Waals surface area contributed by atoms with Crippen LogP contribution in [0.3, 0.4) is 0 Å². The molecule has 7 nitrogen and oxygen atoms in total. The average Bonchev–Trinajstić information content (AvgIpc) is 2.29. The molecule has 0 spiro atoms. The molecule has 7 heteroatoms. The van der Waals surface area contributed by atoms with E-state index in [1.807, 2.05) is 13.8 Å². The predicted octanol–water partition coefficient (Wildman–Crippen LogP) is 0.0100. The summed E-state index contributed by atoms with van der Waals surface area (Å²) in [7, 11) is 0. The lowest BCUT2D eigenvalue weighted by molar-refractivity contribution is -0.138. The van der Waals surface area contributed by atoms with E-state index in [1.54, 1.807) is 0 Å². The molecule has 0 aromatic rings. The van der Waals surface area contributed by atoms with Gasteiger partial charge in [0.05, 0.1) is 19.4 Å². The first kappa shape index (κ1) is 17.4. The van der Waals surface area contributed by atoms with Crippen molar-refractivity contribution in [2.75, 3.05) is 26.2 Å². The van der Waals surface area contributed by atoms with Crippen molar-refractivity contribution in [1.82, 2.24) is 10.2 Å². The molecule has 110 valence electrons. The molecule has 0 heterocycles. The second-order valence-electron chi connectivity index (χ2n) is 4.76. The standard InChI is InChI=1S/C12H22N2O5/c1-9(2)7-13-10(15)8-14(5-3-11(16)17)6-4-12(18)19/h9H,3-8H2,1-2H3,(H,13,15)(H,16,17)(H,18,19). The van der Waals surface area contributed by atoms with Gasteiger partial charge >= 0.3 is 11.9 Å². The van der Waals surface area contributed by atoms with Crippen LogP contribution in [0.2, 0.25) is 0 Å². The van der Waals surface area contributed by atoms with Gasteiger partial charge in [-0.2, -0.15) is 0 Å². The minimum Gasteiger partial charge on any atom is -0.481 e. The molecule has 0 atom stereocenters. The highest BCUT2D eigenvalue weighted by Gasteiger charge is 2.13. The first-order valence-corrected chi connectivity index (χ1v) is 6.24. The lowest BCUT2D eigenvalue weighted by Gasteiger charge is -2.20. The van der Waals surface area contributed by atoms with Crippen molar-refractivity contribution in [2.45, 2.75) is 26.7 Å². The van der Waals surface area contributed by atoms with Crippen molar-refractivity contribution in [1.29, 1.82) is 0 Å². The van der Waals surface area contributed by atoms with Crippen LogP contribution in [0.1, 0.15) is 26.7 Å². The van der Waals surface area contributed by atoms with Crippen LogP contribution in [0.4, 0.5) is 0 Å². The highest BCUT2D eigenvalue weighted by molar-refractivity contribution is 5.78. The number of carboxylic acid groups (broad SMARTS) is 2. The van der Waals surface area contributed by atoms with Gasteiger partial charge in [-0.15, -0.1) is 0 Å². The second-order valence-corrected chi connectivity index (χ2v) is 4.76. The van der Waals surface area contributed by atoms with Crippen molar-refractivity contribution < 1.29 is 24.6 Å². The molecule has 0 bridgehead atoms. The molecule has 0 saturated heterocycles. The SMILES string of the molecule is CC(C)CNC(=O)CN(CCC(=O)O)CCC(=O)O. The topological polar surface area (TPSA) is 107 Å². The molecule has 0 aliphatic heterocycles. The fourth-order valence-corrected chi connectivity index (χ4v) is 1.35. The van der Waals surface area contributed by atoms with E-state index in [1.165, 1.54) is 4.90 Å². The number of nitrogens with zero attached hydrogens (tertiary/aromatic N) is 1. The van der Waals surface area contributed by atoms with E-state index in [0.29, 0.717) is 12.5 Å². The van der Waals surface area contributed by atoms with E-state index in [-0.39, 0.29) is 38.4 Å². The van der Waals surface area contributed by atoms with Gasteiger partial charge in [-0.05, 0) is 5.92 Å². The lowest BCUT2D eigenvalue weighted by Crippen LogP contribution is -2.40. The highest BCUT2D eigenvalue weighted by atomic mass is 16.4. The molecule has 0 rings (SSSR count). The fourth-order valence-electron chi connectivity index (χ4n) is 1.35. The average molecular weight is 274 g/mol. The van der Waals surface area contributed by atoms with Gasteiger partial charge in [0.25, 0.3) is 0 Å².